The molecule has 0 radical (unpaired) electrons. The molecule has 1 unspecified atom stereocenters. The van der Waals surface area contributed by atoms with E-state index in [1.165, 1.54) is 5.56 Å². The van der Waals surface area contributed by atoms with Gasteiger partial charge in [-0.05, 0) is 25.6 Å². The molecule has 0 bridgehead atoms. The van der Waals surface area contributed by atoms with Gasteiger partial charge >= 0.3 is 0 Å². The molecule has 1 aliphatic rings. The number of rotatable bonds is 7. The Morgan fingerprint density at radius 3 is 2.95 bits per heavy atom. The maximum atomic E-state index is 11.8. The first-order chi connectivity index (χ1) is 10.3. The van der Waals surface area contributed by atoms with Gasteiger partial charge in [-0.2, -0.15) is 0 Å². The van der Waals surface area contributed by atoms with Gasteiger partial charge in [0.25, 0.3) is 0 Å². The molecule has 1 atom stereocenters. The standard InChI is InChI=1S/C16H25N3O2/c1-19(13-14-6-3-2-4-7-14)10-5-8-18-16(20)15-12-17-9-11-21-15/h2-4,6-7,15,17H,5,8-13H2,1H3,(H,18,20). The molecule has 1 heterocycles. The number of morpholine rings is 1. The number of carbonyl (C=O) groups excluding carboxylic acids is 1. The zero-order valence-electron chi connectivity index (χ0n) is 12.7. The fourth-order valence-corrected chi connectivity index (χ4v) is 2.38. The highest BCUT2D eigenvalue weighted by Crippen LogP contribution is 2.02. The minimum atomic E-state index is -0.333. The SMILES string of the molecule is CN(CCCNC(=O)C1CNCCO1)Cc1ccccc1. The number of amides is 1. The van der Waals surface area contributed by atoms with Gasteiger partial charge in [0.15, 0.2) is 0 Å². The third kappa shape index (κ3) is 5.83. The molecular formula is C16H25N3O2. The number of hydrogen-bond donors (Lipinski definition) is 2. The topological polar surface area (TPSA) is 53.6 Å². The van der Waals surface area contributed by atoms with E-state index >= 15 is 0 Å². The van der Waals surface area contributed by atoms with Crippen molar-refractivity contribution in [2.45, 2.75) is 19.1 Å². The van der Waals surface area contributed by atoms with Gasteiger partial charge in [0.1, 0.15) is 6.10 Å². The normalized spacial score (nSPS) is 18.7. The summed E-state index contributed by atoms with van der Waals surface area (Å²) in [5.74, 6) is -0.00656. The van der Waals surface area contributed by atoms with Crippen molar-refractivity contribution < 1.29 is 9.53 Å². The van der Waals surface area contributed by atoms with Crippen LogP contribution in [0.4, 0.5) is 0 Å². The molecule has 0 aromatic heterocycles. The van der Waals surface area contributed by atoms with Crippen molar-refractivity contribution in [1.29, 1.82) is 0 Å². The summed E-state index contributed by atoms with van der Waals surface area (Å²) >= 11 is 0. The Labute approximate surface area is 126 Å². The third-order valence-electron chi connectivity index (χ3n) is 3.53. The Morgan fingerprint density at radius 2 is 2.24 bits per heavy atom. The van der Waals surface area contributed by atoms with E-state index in [9.17, 15) is 4.79 Å². The van der Waals surface area contributed by atoms with E-state index in [0.717, 1.165) is 26.1 Å². The molecule has 1 amide bonds. The molecule has 1 saturated heterocycles. The number of carbonyl (C=O) groups is 1. The van der Waals surface area contributed by atoms with E-state index in [-0.39, 0.29) is 12.0 Å². The fourth-order valence-electron chi connectivity index (χ4n) is 2.38. The first-order valence-corrected chi connectivity index (χ1v) is 7.58. The summed E-state index contributed by atoms with van der Waals surface area (Å²) < 4.78 is 5.41. The monoisotopic (exact) mass is 291 g/mol. The van der Waals surface area contributed by atoms with Crippen LogP contribution in [0.5, 0.6) is 0 Å². The second-order valence-corrected chi connectivity index (χ2v) is 5.43. The lowest BCUT2D eigenvalue weighted by Crippen LogP contribution is -2.48. The minimum absolute atomic E-state index is 0.00656. The van der Waals surface area contributed by atoms with Gasteiger partial charge in [-0.15, -0.1) is 0 Å². The van der Waals surface area contributed by atoms with Gasteiger partial charge < -0.3 is 20.3 Å². The summed E-state index contributed by atoms with van der Waals surface area (Å²) in [6.45, 7) is 4.63. The Kier molecular flexibility index (Phi) is 6.66. The lowest BCUT2D eigenvalue weighted by Gasteiger charge is -2.23. The van der Waals surface area contributed by atoms with E-state index in [1.54, 1.807) is 0 Å². The molecule has 2 N–H and O–H groups in total. The molecule has 5 nitrogen and oxygen atoms in total. The number of ether oxygens (including phenoxy) is 1. The molecule has 5 heteroatoms. The predicted octanol–water partition coefficient (Wildman–Crippen LogP) is 0.613. The zero-order valence-corrected chi connectivity index (χ0v) is 12.7. The van der Waals surface area contributed by atoms with E-state index in [2.05, 4.69) is 46.8 Å². The number of benzene rings is 1. The van der Waals surface area contributed by atoms with Gasteiger partial charge in [-0.25, -0.2) is 0 Å². The van der Waals surface area contributed by atoms with Crippen molar-refractivity contribution in [2.24, 2.45) is 0 Å². The quantitative estimate of drug-likeness (QED) is 0.723. The molecule has 2 rings (SSSR count). The molecule has 1 aliphatic heterocycles. The summed E-state index contributed by atoms with van der Waals surface area (Å²) in [6.07, 6.45) is 0.607. The number of nitrogens with one attached hydrogen (secondary N) is 2. The second-order valence-electron chi connectivity index (χ2n) is 5.43. The summed E-state index contributed by atoms with van der Waals surface area (Å²) in [5, 5.41) is 6.10. The summed E-state index contributed by atoms with van der Waals surface area (Å²) in [7, 11) is 2.10. The van der Waals surface area contributed by atoms with Gasteiger partial charge in [-0.3, -0.25) is 4.79 Å². The van der Waals surface area contributed by atoms with Crippen molar-refractivity contribution >= 4 is 5.91 Å². The zero-order chi connectivity index (χ0) is 14.9. The van der Waals surface area contributed by atoms with Crippen LogP contribution in [-0.2, 0) is 16.1 Å². The van der Waals surface area contributed by atoms with Crippen LogP contribution >= 0.6 is 0 Å². The van der Waals surface area contributed by atoms with Gasteiger partial charge in [-0.1, -0.05) is 30.3 Å². The largest absolute Gasteiger partial charge is 0.366 e. The Balaban J connectivity index is 1.57. The van der Waals surface area contributed by atoms with Crippen molar-refractivity contribution in [3.63, 3.8) is 0 Å². The van der Waals surface area contributed by atoms with Gasteiger partial charge in [0.05, 0.1) is 6.61 Å². The molecule has 1 fully saturated rings. The molecule has 1 aromatic carbocycles. The van der Waals surface area contributed by atoms with Crippen LogP contribution < -0.4 is 10.6 Å². The maximum Gasteiger partial charge on any atom is 0.250 e. The Bertz CT molecular complexity index is 419. The Morgan fingerprint density at radius 1 is 1.43 bits per heavy atom. The number of hydrogen-bond acceptors (Lipinski definition) is 4. The highest BCUT2D eigenvalue weighted by atomic mass is 16.5. The second kappa shape index (κ2) is 8.77. The fraction of sp³-hybridized carbons (Fsp3) is 0.562. The molecule has 21 heavy (non-hydrogen) atoms. The van der Waals surface area contributed by atoms with Crippen molar-refractivity contribution in [1.82, 2.24) is 15.5 Å². The predicted molar refractivity (Wildman–Crippen MR) is 83.0 cm³/mol. The lowest BCUT2D eigenvalue weighted by molar-refractivity contribution is -0.134. The van der Waals surface area contributed by atoms with Crippen molar-refractivity contribution in [3.05, 3.63) is 35.9 Å². The average Bonchev–Trinajstić information content (AvgIpc) is 2.53. The average molecular weight is 291 g/mol. The Hall–Kier alpha value is -1.43. The van der Waals surface area contributed by atoms with Crippen LogP contribution in [0.2, 0.25) is 0 Å². The van der Waals surface area contributed by atoms with Crippen molar-refractivity contribution in [3.8, 4) is 0 Å². The highest BCUT2D eigenvalue weighted by Gasteiger charge is 2.20. The van der Waals surface area contributed by atoms with Crippen LogP contribution in [0.15, 0.2) is 30.3 Å². The van der Waals surface area contributed by atoms with Crippen LogP contribution in [0.25, 0.3) is 0 Å². The lowest BCUT2D eigenvalue weighted by atomic mass is 10.2. The molecule has 116 valence electrons. The number of nitrogens with zero attached hydrogens (tertiary/aromatic N) is 1. The van der Waals surface area contributed by atoms with Crippen molar-refractivity contribution in [2.75, 3.05) is 39.8 Å². The van der Waals surface area contributed by atoms with Crippen LogP contribution in [0, 0.1) is 0 Å². The highest BCUT2D eigenvalue weighted by molar-refractivity contribution is 5.81. The van der Waals surface area contributed by atoms with E-state index in [1.807, 2.05) is 6.07 Å². The summed E-state index contributed by atoms with van der Waals surface area (Å²) in [5.41, 5.74) is 1.31. The van der Waals surface area contributed by atoms with Gasteiger partial charge in [0.2, 0.25) is 5.91 Å². The summed E-state index contributed by atoms with van der Waals surface area (Å²) in [4.78, 5) is 14.1. The molecular weight excluding hydrogens is 266 g/mol. The van der Waals surface area contributed by atoms with E-state index in [0.29, 0.717) is 19.7 Å². The third-order valence-corrected chi connectivity index (χ3v) is 3.53. The van der Waals surface area contributed by atoms with E-state index in [4.69, 9.17) is 4.74 Å². The maximum absolute atomic E-state index is 11.8. The van der Waals surface area contributed by atoms with Crippen LogP contribution in [0.1, 0.15) is 12.0 Å². The molecule has 0 saturated carbocycles. The minimum Gasteiger partial charge on any atom is -0.366 e. The first-order valence-electron chi connectivity index (χ1n) is 7.58. The molecule has 0 aliphatic carbocycles. The molecule has 0 spiro atoms. The van der Waals surface area contributed by atoms with E-state index < -0.39 is 0 Å². The van der Waals surface area contributed by atoms with Crippen LogP contribution in [0.3, 0.4) is 0 Å². The molecule has 1 aromatic rings. The first kappa shape index (κ1) is 15.9. The van der Waals surface area contributed by atoms with Gasteiger partial charge in [0, 0.05) is 26.2 Å². The van der Waals surface area contributed by atoms with Crippen LogP contribution in [-0.4, -0.2) is 56.7 Å². The smallest absolute Gasteiger partial charge is 0.250 e. The summed E-state index contributed by atoms with van der Waals surface area (Å²) in [6, 6.07) is 10.4.